The van der Waals surface area contributed by atoms with Gasteiger partial charge in [-0.3, -0.25) is 4.79 Å². The Hall–Kier alpha value is -2.18. The van der Waals surface area contributed by atoms with E-state index in [1.54, 1.807) is 6.20 Å². The fraction of sp³-hybridized carbons (Fsp3) is 0.571. The summed E-state index contributed by atoms with van der Waals surface area (Å²) < 4.78 is 4.02. The maximum atomic E-state index is 12.5. The van der Waals surface area contributed by atoms with Gasteiger partial charge in [0.1, 0.15) is 18.2 Å². The molecule has 0 bridgehead atoms. The van der Waals surface area contributed by atoms with Crippen LogP contribution in [0.3, 0.4) is 0 Å². The molecule has 0 unspecified atom stereocenters. The highest BCUT2D eigenvalue weighted by molar-refractivity contribution is 5.76. The minimum atomic E-state index is 0.0986. The number of imidazole rings is 1. The van der Waals surface area contributed by atoms with Crippen LogP contribution in [0.1, 0.15) is 37.4 Å². The van der Waals surface area contributed by atoms with Crippen molar-refractivity contribution in [2.75, 3.05) is 6.54 Å². The minimum Gasteiger partial charge on any atom is -0.332 e. The molecule has 112 valence electrons. The summed E-state index contributed by atoms with van der Waals surface area (Å²) in [7, 11) is 0. The summed E-state index contributed by atoms with van der Waals surface area (Å²) in [6.07, 6.45) is 4.42. The Morgan fingerprint density at radius 1 is 1.43 bits per heavy atom. The summed E-state index contributed by atoms with van der Waals surface area (Å²) in [5.74, 6) is 2.81. The van der Waals surface area contributed by atoms with Gasteiger partial charge in [-0.25, -0.2) is 4.98 Å². The van der Waals surface area contributed by atoms with Crippen molar-refractivity contribution in [2.45, 2.75) is 46.3 Å². The van der Waals surface area contributed by atoms with Gasteiger partial charge >= 0.3 is 0 Å². The number of aromatic nitrogens is 5. The lowest BCUT2D eigenvalue weighted by molar-refractivity contribution is -0.133. The highest BCUT2D eigenvalue weighted by atomic mass is 16.2. The van der Waals surface area contributed by atoms with E-state index >= 15 is 0 Å². The first-order valence-corrected chi connectivity index (χ1v) is 7.28. The topological polar surface area (TPSA) is 68.8 Å². The van der Waals surface area contributed by atoms with E-state index in [4.69, 9.17) is 0 Å². The standard InChI is InChI=1S/C14H20N6O/c1-4-12-15-5-6-18(12)9-14(21)19-7-10(2)20-11(3)16-17-13(20)8-19/h5-6,10H,4,7-9H2,1-3H3/t10-/m1/s1. The molecule has 0 saturated heterocycles. The van der Waals surface area contributed by atoms with Crippen molar-refractivity contribution < 1.29 is 4.79 Å². The Balaban J connectivity index is 1.75. The van der Waals surface area contributed by atoms with Crippen LogP contribution < -0.4 is 0 Å². The number of fused-ring (bicyclic) bond motifs is 1. The minimum absolute atomic E-state index is 0.0986. The van der Waals surface area contributed by atoms with Crippen LogP contribution in [0.4, 0.5) is 0 Å². The normalized spacial score (nSPS) is 17.9. The lowest BCUT2D eigenvalue weighted by Crippen LogP contribution is -2.42. The Bertz CT molecular complexity index is 658. The van der Waals surface area contributed by atoms with Crippen LogP contribution in [0.15, 0.2) is 12.4 Å². The van der Waals surface area contributed by atoms with Crippen LogP contribution in [-0.2, 0) is 24.3 Å². The predicted molar refractivity (Wildman–Crippen MR) is 76.5 cm³/mol. The molecule has 2 aromatic rings. The van der Waals surface area contributed by atoms with Gasteiger partial charge < -0.3 is 14.0 Å². The lowest BCUT2D eigenvalue weighted by Gasteiger charge is -2.32. The van der Waals surface area contributed by atoms with E-state index in [0.29, 0.717) is 19.6 Å². The second-order valence-electron chi connectivity index (χ2n) is 5.48. The molecule has 1 aliphatic rings. The van der Waals surface area contributed by atoms with Crippen molar-refractivity contribution in [3.05, 3.63) is 29.9 Å². The number of aryl methyl sites for hydroxylation is 2. The molecule has 7 nitrogen and oxygen atoms in total. The van der Waals surface area contributed by atoms with E-state index in [-0.39, 0.29) is 11.9 Å². The maximum absolute atomic E-state index is 12.5. The quantitative estimate of drug-likeness (QED) is 0.843. The van der Waals surface area contributed by atoms with Crippen molar-refractivity contribution in [1.82, 2.24) is 29.2 Å². The Kier molecular flexibility index (Phi) is 3.48. The SMILES string of the molecule is CCc1nccn1CC(=O)N1Cc2nnc(C)n2[C@H](C)C1. The molecule has 3 rings (SSSR count). The van der Waals surface area contributed by atoms with E-state index in [1.807, 2.05) is 29.5 Å². The molecule has 0 spiro atoms. The second-order valence-corrected chi connectivity index (χ2v) is 5.48. The van der Waals surface area contributed by atoms with Gasteiger partial charge in [0.25, 0.3) is 0 Å². The molecule has 0 N–H and O–H groups in total. The predicted octanol–water partition coefficient (Wildman–Crippen LogP) is 0.949. The molecule has 0 aromatic carbocycles. The van der Waals surface area contributed by atoms with E-state index in [0.717, 1.165) is 23.9 Å². The molecule has 0 radical (unpaired) electrons. The molecule has 7 heteroatoms. The van der Waals surface area contributed by atoms with Crippen molar-refractivity contribution in [3.8, 4) is 0 Å². The molecule has 1 amide bonds. The number of hydrogen-bond acceptors (Lipinski definition) is 4. The first-order valence-electron chi connectivity index (χ1n) is 7.28. The summed E-state index contributed by atoms with van der Waals surface area (Å²) in [5, 5.41) is 8.28. The van der Waals surface area contributed by atoms with E-state index < -0.39 is 0 Å². The van der Waals surface area contributed by atoms with Crippen LogP contribution in [0.2, 0.25) is 0 Å². The van der Waals surface area contributed by atoms with Crippen LogP contribution >= 0.6 is 0 Å². The molecular formula is C14H20N6O. The summed E-state index contributed by atoms with van der Waals surface area (Å²) in [6, 6.07) is 0.209. The zero-order valence-electron chi connectivity index (χ0n) is 12.7. The van der Waals surface area contributed by atoms with Gasteiger partial charge in [0.15, 0.2) is 5.82 Å². The highest BCUT2D eigenvalue weighted by Crippen LogP contribution is 2.21. The molecule has 3 heterocycles. The number of rotatable bonds is 3. The molecule has 1 aliphatic heterocycles. The third-order valence-electron chi connectivity index (χ3n) is 3.97. The van der Waals surface area contributed by atoms with Crippen LogP contribution in [0, 0.1) is 6.92 Å². The summed E-state index contributed by atoms with van der Waals surface area (Å²) >= 11 is 0. The van der Waals surface area contributed by atoms with Gasteiger partial charge in [0.2, 0.25) is 5.91 Å². The number of amides is 1. The van der Waals surface area contributed by atoms with Gasteiger partial charge in [-0.15, -0.1) is 10.2 Å². The van der Waals surface area contributed by atoms with Gasteiger partial charge in [0.05, 0.1) is 12.6 Å². The fourth-order valence-electron chi connectivity index (χ4n) is 2.96. The first kappa shape index (κ1) is 13.8. The van der Waals surface area contributed by atoms with Gasteiger partial charge in [-0.1, -0.05) is 6.92 Å². The number of nitrogens with zero attached hydrogens (tertiary/aromatic N) is 6. The molecule has 2 aromatic heterocycles. The number of carbonyl (C=O) groups is 1. The number of carbonyl (C=O) groups excluding carboxylic acids is 1. The number of hydrogen-bond donors (Lipinski definition) is 0. The summed E-state index contributed by atoms with van der Waals surface area (Å²) in [6.45, 7) is 7.64. The Labute approximate surface area is 123 Å². The van der Waals surface area contributed by atoms with Gasteiger partial charge in [0, 0.05) is 25.4 Å². The van der Waals surface area contributed by atoms with Crippen LogP contribution in [0.25, 0.3) is 0 Å². The third-order valence-corrected chi connectivity index (χ3v) is 3.97. The molecule has 21 heavy (non-hydrogen) atoms. The molecule has 0 saturated carbocycles. The first-order chi connectivity index (χ1) is 10.1. The summed E-state index contributed by atoms with van der Waals surface area (Å²) in [4.78, 5) is 18.6. The van der Waals surface area contributed by atoms with Crippen LogP contribution in [0.5, 0.6) is 0 Å². The van der Waals surface area contributed by atoms with Crippen molar-refractivity contribution in [1.29, 1.82) is 0 Å². The lowest BCUT2D eigenvalue weighted by atomic mass is 10.2. The van der Waals surface area contributed by atoms with Crippen molar-refractivity contribution in [2.24, 2.45) is 0 Å². The molecule has 0 aliphatic carbocycles. The smallest absolute Gasteiger partial charge is 0.243 e. The monoisotopic (exact) mass is 288 g/mol. The third kappa shape index (κ3) is 2.43. The largest absolute Gasteiger partial charge is 0.332 e. The van der Waals surface area contributed by atoms with Crippen molar-refractivity contribution >= 4 is 5.91 Å². The fourth-order valence-corrected chi connectivity index (χ4v) is 2.96. The van der Waals surface area contributed by atoms with Gasteiger partial charge in [-0.05, 0) is 13.8 Å². The van der Waals surface area contributed by atoms with Gasteiger partial charge in [-0.2, -0.15) is 0 Å². The Morgan fingerprint density at radius 2 is 2.24 bits per heavy atom. The molecular weight excluding hydrogens is 268 g/mol. The highest BCUT2D eigenvalue weighted by Gasteiger charge is 2.28. The Morgan fingerprint density at radius 3 is 3.00 bits per heavy atom. The molecule has 1 atom stereocenters. The second kappa shape index (κ2) is 5.31. The van der Waals surface area contributed by atoms with Crippen LogP contribution in [-0.4, -0.2) is 41.7 Å². The maximum Gasteiger partial charge on any atom is 0.243 e. The average molecular weight is 288 g/mol. The van der Waals surface area contributed by atoms with Crippen molar-refractivity contribution in [3.63, 3.8) is 0 Å². The average Bonchev–Trinajstić information content (AvgIpc) is 3.05. The van der Waals surface area contributed by atoms with E-state index in [2.05, 4.69) is 26.7 Å². The molecule has 0 fully saturated rings. The summed E-state index contributed by atoms with van der Waals surface area (Å²) in [5.41, 5.74) is 0. The van der Waals surface area contributed by atoms with E-state index in [9.17, 15) is 4.79 Å². The zero-order valence-corrected chi connectivity index (χ0v) is 12.7. The zero-order chi connectivity index (χ0) is 15.0. The van der Waals surface area contributed by atoms with E-state index in [1.165, 1.54) is 0 Å².